The first-order valence-corrected chi connectivity index (χ1v) is 20.9. The number of hydrogen-bond acceptors (Lipinski definition) is 6. The van der Waals surface area contributed by atoms with E-state index in [1.165, 1.54) is 64.4 Å². The summed E-state index contributed by atoms with van der Waals surface area (Å²) in [5, 5.41) is 12.5. The Balaban J connectivity index is 1.28. The van der Waals surface area contributed by atoms with E-state index in [-0.39, 0.29) is 43.2 Å². The van der Waals surface area contributed by atoms with E-state index in [9.17, 15) is 23.3 Å². The van der Waals surface area contributed by atoms with E-state index in [0.29, 0.717) is 11.3 Å². The standard InChI is InChI=1S/C40H66N2O6S/c1-27(2)10-9-11-28(3)32-14-15-33-31-13-12-29-24-30(16-22-39(29,7)34(31)17-23-40(32,33)8)48-36(44)19-21-38(6,25-41)20-18-35(43)42-37(4,5)26-49(45,46)47/h12,27-28,30-34H,9-11,13-24,26H2,1-8H3,(H,42,43)(H,45,46,47)/t28-,30?,31+,32-,33+,34+,38?,39+,40-/m1/s1. The van der Waals surface area contributed by atoms with Crippen LogP contribution in [0.2, 0.25) is 0 Å². The first-order chi connectivity index (χ1) is 22.7. The predicted octanol–water partition coefficient (Wildman–Crippen LogP) is 8.81. The molecule has 9 heteroatoms. The third-order valence-electron chi connectivity index (χ3n) is 13.6. The molecule has 0 aromatic rings. The Kier molecular flexibility index (Phi) is 12.5. The van der Waals surface area contributed by atoms with Crippen LogP contribution in [0.1, 0.15) is 152 Å². The Labute approximate surface area is 297 Å². The smallest absolute Gasteiger partial charge is 0.306 e. The van der Waals surface area contributed by atoms with E-state index in [0.717, 1.165) is 55.3 Å². The Bertz CT molecular complexity index is 1380. The molecule has 9 atom stereocenters. The molecular formula is C40H66N2O6S. The minimum Gasteiger partial charge on any atom is -0.462 e. The lowest BCUT2D eigenvalue weighted by molar-refractivity contribution is -0.152. The van der Waals surface area contributed by atoms with Crippen molar-refractivity contribution in [1.29, 1.82) is 5.26 Å². The van der Waals surface area contributed by atoms with Crippen LogP contribution >= 0.6 is 0 Å². The lowest BCUT2D eigenvalue weighted by Gasteiger charge is -2.58. The highest BCUT2D eigenvalue weighted by Gasteiger charge is 2.59. The molecule has 3 saturated carbocycles. The van der Waals surface area contributed by atoms with Gasteiger partial charge in [0.1, 0.15) is 6.10 Å². The molecule has 4 aliphatic rings. The largest absolute Gasteiger partial charge is 0.462 e. The number of nitriles is 1. The lowest BCUT2D eigenvalue weighted by Crippen LogP contribution is -2.51. The van der Waals surface area contributed by atoms with Crippen LogP contribution in [0.5, 0.6) is 0 Å². The molecule has 4 aliphatic carbocycles. The summed E-state index contributed by atoms with van der Waals surface area (Å²) >= 11 is 0. The number of nitrogens with one attached hydrogen (secondary N) is 1. The Morgan fingerprint density at radius 1 is 1.04 bits per heavy atom. The van der Waals surface area contributed by atoms with Crippen molar-refractivity contribution >= 4 is 22.0 Å². The summed E-state index contributed by atoms with van der Waals surface area (Å²) in [7, 11) is -4.26. The molecule has 0 bridgehead atoms. The molecule has 0 aromatic heterocycles. The van der Waals surface area contributed by atoms with Crippen molar-refractivity contribution in [2.75, 3.05) is 5.75 Å². The molecule has 0 heterocycles. The molecule has 8 nitrogen and oxygen atoms in total. The maximum Gasteiger partial charge on any atom is 0.306 e. The van der Waals surface area contributed by atoms with Gasteiger partial charge in [0.25, 0.3) is 10.1 Å². The van der Waals surface area contributed by atoms with Crippen molar-refractivity contribution in [3.63, 3.8) is 0 Å². The summed E-state index contributed by atoms with van der Waals surface area (Å²) < 4.78 is 37.7. The number of amides is 1. The molecule has 2 unspecified atom stereocenters. The van der Waals surface area contributed by atoms with Gasteiger partial charge in [-0.1, -0.05) is 65.5 Å². The van der Waals surface area contributed by atoms with Crippen LogP contribution < -0.4 is 5.32 Å². The molecule has 0 spiro atoms. The summed E-state index contributed by atoms with van der Waals surface area (Å²) in [5.41, 5.74) is 0.0852. The third kappa shape index (κ3) is 9.70. The van der Waals surface area contributed by atoms with Gasteiger partial charge >= 0.3 is 5.97 Å². The fraction of sp³-hybridized carbons (Fsp3) is 0.875. The second-order valence-corrected chi connectivity index (χ2v) is 19.9. The number of ether oxygens (including phenoxy) is 1. The first-order valence-electron chi connectivity index (χ1n) is 19.3. The van der Waals surface area contributed by atoms with E-state index in [4.69, 9.17) is 9.29 Å². The van der Waals surface area contributed by atoms with Crippen molar-refractivity contribution < 1.29 is 27.3 Å². The van der Waals surface area contributed by atoms with Crippen molar-refractivity contribution in [3.05, 3.63) is 11.6 Å². The number of carbonyl (C=O) groups is 2. The van der Waals surface area contributed by atoms with Gasteiger partial charge in [0.05, 0.1) is 22.8 Å². The van der Waals surface area contributed by atoms with Gasteiger partial charge in [0.2, 0.25) is 5.91 Å². The molecule has 4 rings (SSSR count). The fourth-order valence-electron chi connectivity index (χ4n) is 10.9. The van der Waals surface area contributed by atoms with E-state index in [1.54, 1.807) is 6.92 Å². The molecule has 49 heavy (non-hydrogen) atoms. The van der Waals surface area contributed by atoms with Gasteiger partial charge < -0.3 is 10.1 Å². The van der Waals surface area contributed by atoms with Gasteiger partial charge in [0.15, 0.2) is 0 Å². The normalized spacial score (nSPS) is 33.2. The van der Waals surface area contributed by atoms with Gasteiger partial charge in [0, 0.05) is 19.3 Å². The zero-order chi connectivity index (χ0) is 36.4. The molecule has 1 amide bonds. The van der Waals surface area contributed by atoms with Crippen LogP contribution in [0, 0.1) is 63.1 Å². The first kappa shape index (κ1) is 39.9. The van der Waals surface area contributed by atoms with Gasteiger partial charge in [-0.3, -0.25) is 14.1 Å². The Morgan fingerprint density at radius 2 is 1.73 bits per heavy atom. The Morgan fingerprint density at radius 3 is 2.39 bits per heavy atom. The highest BCUT2D eigenvalue weighted by molar-refractivity contribution is 7.85. The molecule has 278 valence electrons. The summed E-state index contributed by atoms with van der Waals surface area (Å²) in [6.07, 6.45) is 16.4. The van der Waals surface area contributed by atoms with E-state index in [2.05, 4.69) is 52.1 Å². The monoisotopic (exact) mass is 702 g/mol. The fourth-order valence-corrected chi connectivity index (χ4v) is 11.9. The average Bonchev–Trinajstić information content (AvgIpc) is 3.35. The molecule has 3 fully saturated rings. The van der Waals surface area contributed by atoms with Crippen molar-refractivity contribution in [1.82, 2.24) is 5.32 Å². The van der Waals surface area contributed by atoms with E-state index >= 15 is 0 Å². The number of carbonyl (C=O) groups excluding carboxylic acids is 2. The number of nitrogens with zero attached hydrogens (tertiary/aromatic N) is 1. The zero-order valence-corrected chi connectivity index (χ0v) is 32.6. The van der Waals surface area contributed by atoms with Crippen LogP contribution in [0.15, 0.2) is 11.6 Å². The molecule has 0 aromatic carbocycles. The molecule has 0 aliphatic heterocycles. The number of fused-ring (bicyclic) bond motifs is 5. The van der Waals surface area contributed by atoms with E-state index in [1.807, 2.05) is 0 Å². The second kappa shape index (κ2) is 15.4. The van der Waals surface area contributed by atoms with Crippen molar-refractivity contribution in [3.8, 4) is 6.07 Å². The van der Waals surface area contributed by atoms with Crippen LogP contribution in [0.4, 0.5) is 0 Å². The van der Waals surface area contributed by atoms with E-state index < -0.39 is 32.7 Å². The summed E-state index contributed by atoms with van der Waals surface area (Å²) in [5.74, 6) is 3.43. The predicted molar refractivity (Wildman–Crippen MR) is 194 cm³/mol. The summed E-state index contributed by atoms with van der Waals surface area (Å²) in [6.45, 7) is 17.1. The lowest BCUT2D eigenvalue weighted by atomic mass is 9.47. The minimum atomic E-state index is -4.26. The van der Waals surface area contributed by atoms with Crippen LogP contribution in [0.3, 0.4) is 0 Å². The molecule has 0 radical (unpaired) electrons. The minimum absolute atomic E-state index is 0.00350. The van der Waals surface area contributed by atoms with Gasteiger partial charge in [-0.05, 0) is 125 Å². The van der Waals surface area contributed by atoms with Gasteiger partial charge in [-0.25, -0.2) is 0 Å². The number of esters is 1. The number of rotatable bonds is 15. The summed E-state index contributed by atoms with van der Waals surface area (Å²) in [6, 6.07) is 2.27. The highest BCUT2D eigenvalue weighted by Crippen LogP contribution is 2.67. The van der Waals surface area contributed by atoms with Crippen molar-refractivity contribution in [2.45, 2.75) is 163 Å². The second-order valence-electron chi connectivity index (χ2n) is 18.5. The zero-order valence-electron chi connectivity index (χ0n) is 31.8. The third-order valence-corrected chi connectivity index (χ3v) is 14.7. The molecule has 0 saturated heterocycles. The van der Waals surface area contributed by atoms with Gasteiger partial charge in [-0.15, -0.1) is 0 Å². The summed E-state index contributed by atoms with van der Waals surface area (Å²) in [4.78, 5) is 25.5. The van der Waals surface area contributed by atoms with Crippen molar-refractivity contribution in [2.24, 2.45) is 51.8 Å². The van der Waals surface area contributed by atoms with Crippen LogP contribution in [-0.2, 0) is 24.4 Å². The Hall–Kier alpha value is -1.92. The quantitative estimate of drug-likeness (QED) is 0.0990. The van der Waals surface area contributed by atoms with Crippen LogP contribution in [0.25, 0.3) is 0 Å². The average molecular weight is 703 g/mol. The number of hydrogen-bond donors (Lipinski definition) is 2. The van der Waals surface area contributed by atoms with Gasteiger partial charge in [-0.2, -0.15) is 13.7 Å². The molecule has 2 N–H and O–H groups in total. The highest BCUT2D eigenvalue weighted by atomic mass is 32.2. The van der Waals surface area contributed by atoms with Crippen LogP contribution in [-0.4, -0.2) is 42.2 Å². The molecular weight excluding hydrogens is 637 g/mol. The number of allylic oxidation sites excluding steroid dienone is 1. The topological polar surface area (TPSA) is 134 Å². The maximum atomic E-state index is 13.0. The maximum absolute atomic E-state index is 13.0. The SMILES string of the molecule is CC(C)CCC[C@@H](C)[C@H]1CC[C@H]2[C@@H]3CC=C4CC(OC(=O)CCC(C)(C#N)CCC(=O)NC(C)(C)CS(=O)(=O)O)CC[C@]4(C)[C@H]3CC[C@]12C.